The Balaban J connectivity index is 1.28. The smallest absolute Gasteiger partial charge is 0.344 e. The molecule has 0 radical (unpaired) electrons. The van der Waals surface area contributed by atoms with Crippen molar-refractivity contribution in [3.63, 3.8) is 0 Å². The third-order valence-electron chi connectivity index (χ3n) is 5.23. The maximum Gasteiger partial charge on any atom is 0.344 e. The zero-order chi connectivity index (χ0) is 21.6. The van der Waals surface area contributed by atoms with Crippen LogP contribution in [0.1, 0.15) is 35.3 Å². The zero-order valence-electron chi connectivity index (χ0n) is 17.0. The average molecular weight is 435 g/mol. The largest absolute Gasteiger partial charge is 0.482 e. The van der Waals surface area contributed by atoms with Gasteiger partial charge in [0.05, 0.1) is 5.56 Å². The van der Waals surface area contributed by atoms with E-state index >= 15 is 0 Å². The van der Waals surface area contributed by atoms with Crippen molar-refractivity contribution in [3.05, 3.63) is 58.5 Å². The highest BCUT2D eigenvalue weighted by Crippen LogP contribution is 2.36. The van der Waals surface area contributed by atoms with Gasteiger partial charge in [0.1, 0.15) is 16.8 Å². The van der Waals surface area contributed by atoms with Gasteiger partial charge in [0.15, 0.2) is 13.2 Å². The van der Waals surface area contributed by atoms with E-state index in [0.717, 1.165) is 48.4 Å². The van der Waals surface area contributed by atoms with Gasteiger partial charge in [0.2, 0.25) is 0 Å². The van der Waals surface area contributed by atoms with Gasteiger partial charge in [-0.25, -0.2) is 4.79 Å². The number of nitrogens with one attached hydrogen (secondary N) is 1. The molecule has 1 aliphatic rings. The highest BCUT2D eigenvalue weighted by molar-refractivity contribution is 7.16. The predicted molar refractivity (Wildman–Crippen MR) is 119 cm³/mol. The number of esters is 1. The molecule has 1 amide bonds. The fourth-order valence-electron chi connectivity index (χ4n) is 3.70. The van der Waals surface area contributed by atoms with Gasteiger partial charge >= 0.3 is 5.97 Å². The van der Waals surface area contributed by atoms with Gasteiger partial charge in [0, 0.05) is 4.88 Å². The summed E-state index contributed by atoms with van der Waals surface area (Å²) in [7, 11) is 0. The minimum absolute atomic E-state index is 0.289. The number of carbonyl (C=O) groups is 2. The topological polar surface area (TPSA) is 88.4 Å². The van der Waals surface area contributed by atoms with Crippen LogP contribution in [0.25, 0.3) is 10.8 Å². The molecule has 31 heavy (non-hydrogen) atoms. The fourth-order valence-corrected chi connectivity index (χ4v) is 4.95. The molecule has 4 rings (SSSR count). The summed E-state index contributed by atoms with van der Waals surface area (Å²) in [4.78, 5) is 25.4. The molecule has 0 saturated carbocycles. The summed E-state index contributed by atoms with van der Waals surface area (Å²) in [6.45, 7) is -0.713. The number of amides is 1. The van der Waals surface area contributed by atoms with Gasteiger partial charge in [-0.05, 0) is 54.2 Å². The summed E-state index contributed by atoms with van der Waals surface area (Å²) >= 11 is 1.45. The molecule has 158 valence electrons. The number of aryl methyl sites for hydroxylation is 1. The van der Waals surface area contributed by atoms with Crippen molar-refractivity contribution in [1.29, 1.82) is 5.26 Å². The van der Waals surface area contributed by atoms with E-state index < -0.39 is 18.5 Å². The zero-order valence-corrected chi connectivity index (χ0v) is 17.8. The van der Waals surface area contributed by atoms with Gasteiger partial charge in [-0.3, -0.25) is 4.79 Å². The van der Waals surface area contributed by atoms with Crippen LogP contribution in [0.3, 0.4) is 0 Å². The van der Waals surface area contributed by atoms with E-state index in [1.165, 1.54) is 16.2 Å². The van der Waals surface area contributed by atoms with Crippen LogP contribution in [-0.4, -0.2) is 25.1 Å². The Hall–Kier alpha value is -3.37. The summed E-state index contributed by atoms with van der Waals surface area (Å²) in [6, 6.07) is 15.6. The molecule has 1 aromatic heterocycles. The lowest BCUT2D eigenvalue weighted by molar-refractivity contribution is -0.149. The molecule has 1 heterocycles. The first kappa shape index (κ1) is 20.9. The van der Waals surface area contributed by atoms with Crippen LogP contribution < -0.4 is 10.1 Å². The van der Waals surface area contributed by atoms with E-state index in [4.69, 9.17) is 9.47 Å². The number of nitriles is 1. The van der Waals surface area contributed by atoms with Gasteiger partial charge in [-0.15, -0.1) is 11.3 Å². The number of carbonyl (C=O) groups excluding carboxylic acids is 2. The predicted octanol–water partition coefficient (Wildman–Crippen LogP) is 4.60. The second-order valence-electron chi connectivity index (χ2n) is 7.39. The Morgan fingerprint density at radius 2 is 1.84 bits per heavy atom. The quantitative estimate of drug-likeness (QED) is 0.452. The molecule has 0 saturated heterocycles. The lowest BCUT2D eigenvalue weighted by Gasteiger charge is -2.08. The molecular formula is C24H22N2O4S. The van der Waals surface area contributed by atoms with Crippen LogP contribution in [0.5, 0.6) is 5.75 Å². The standard InChI is InChI=1S/C24H22N2O4S/c25-13-20-19-8-2-1-3-9-21(19)31-24(20)26-22(27)14-30-23(28)15-29-18-11-10-16-6-4-5-7-17(16)12-18/h4-7,10-12H,1-3,8-9,14-15H2,(H,26,27). The van der Waals surface area contributed by atoms with Crippen molar-refractivity contribution in [2.75, 3.05) is 18.5 Å². The third-order valence-corrected chi connectivity index (χ3v) is 6.44. The number of anilines is 1. The van der Waals surface area contributed by atoms with Crippen LogP contribution in [0.15, 0.2) is 42.5 Å². The number of ether oxygens (including phenoxy) is 2. The number of hydrogen-bond acceptors (Lipinski definition) is 6. The fraction of sp³-hybridized carbons (Fsp3) is 0.292. The maximum atomic E-state index is 12.3. The lowest BCUT2D eigenvalue weighted by Crippen LogP contribution is -2.23. The molecule has 7 heteroatoms. The Morgan fingerprint density at radius 3 is 2.68 bits per heavy atom. The average Bonchev–Trinajstić information content (AvgIpc) is 2.94. The van der Waals surface area contributed by atoms with Crippen molar-refractivity contribution in [2.45, 2.75) is 32.1 Å². The second-order valence-corrected chi connectivity index (χ2v) is 8.49. The summed E-state index contributed by atoms with van der Waals surface area (Å²) in [5.41, 5.74) is 1.60. The summed E-state index contributed by atoms with van der Waals surface area (Å²) in [5.74, 6) is -0.545. The van der Waals surface area contributed by atoms with E-state index in [-0.39, 0.29) is 6.61 Å². The molecule has 6 nitrogen and oxygen atoms in total. The monoisotopic (exact) mass is 434 g/mol. The molecule has 1 aliphatic carbocycles. The molecular weight excluding hydrogens is 412 g/mol. The Labute approximate surface area is 184 Å². The van der Waals surface area contributed by atoms with Crippen molar-refractivity contribution in [2.24, 2.45) is 0 Å². The van der Waals surface area contributed by atoms with Crippen molar-refractivity contribution in [3.8, 4) is 11.8 Å². The Kier molecular flexibility index (Phi) is 6.48. The van der Waals surface area contributed by atoms with E-state index in [0.29, 0.717) is 16.3 Å². The van der Waals surface area contributed by atoms with Gasteiger partial charge in [0.25, 0.3) is 5.91 Å². The first-order chi connectivity index (χ1) is 15.1. The minimum Gasteiger partial charge on any atom is -0.482 e. The minimum atomic E-state index is -0.634. The maximum absolute atomic E-state index is 12.3. The number of fused-ring (bicyclic) bond motifs is 2. The van der Waals surface area contributed by atoms with E-state index in [9.17, 15) is 14.9 Å². The number of benzene rings is 2. The summed E-state index contributed by atoms with van der Waals surface area (Å²) in [5, 5.41) is 14.9. The third kappa shape index (κ3) is 5.04. The molecule has 0 spiro atoms. The van der Waals surface area contributed by atoms with Gasteiger partial charge in [-0.1, -0.05) is 36.8 Å². The van der Waals surface area contributed by atoms with Crippen LogP contribution in [0.4, 0.5) is 5.00 Å². The molecule has 1 N–H and O–H groups in total. The molecule has 3 aromatic rings. The molecule has 0 atom stereocenters. The molecule has 0 fully saturated rings. The molecule has 2 aromatic carbocycles. The first-order valence-corrected chi connectivity index (χ1v) is 11.1. The van der Waals surface area contributed by atoms with Gasteiger partial charge in [-0.2, -0.15) is 5.26 Å². The second kappa shape index (κ2) is 9.63. The number of hydrogen-bond donors (Lipinski definition) is 1. The normalized spacial score (nSPS) is 13.0. The SMILES string of the molecule is N#Cc1c(NC(=O)COC(=O)COc2ccc3ccccc3c2)sc2c1CCCCC2. The van der Waals surface area contributed by atoms with Crippen molar-refractivity contribution >= 4 is 39.0 Å². The van der Waals surface area contributed by atoms with Crippen molar-refractivity contribution < 1.29 is 19.1 Å². The molecule has 0 bridgehead atoms. The van der Waals surface area contributed by atoms with Crippen LogP contribution >= 0.6 is 11.3 Å². The number of nitrogens with zero attached hydrogens (tertiary/aromatic N) is 1. The summed E-state index contributed by atoms with van der Waals surface area (Å²) < 4.78 is 10.5. The van der Waals surface area contributed by atoms with E-state index in [1.807, 2.05) is 36.4 Å². The highest BCUT2D eigenvalue weighted by Gasteiger charge is 2.21. The molecule has 0 aliphatic heterocycles. The van der Waals surface area contributed by atoms with E-state index in [1.54, 1.807) is 6.07 Å². The van der Waals surface area contributed by atoms with Gasteiger partial charge < -0.3 is 14.8 Å². The first-order valence-electron chi connectivity index (χ1n) is 10.3. The van der Waals surface area contributed by atoms with E-state index in [2.05, 4.69) is 11.4 Å². The van der Waals surface area contributed by atoms with Crippen LogP contribution in [0, 0.1) is 11.3 Å². The lowest BCUT2D eigenvalue weighted by atomic mass is 10.1. The highest BCUT2D eigenvalue weighted by atomic mass is 32.1. The van der Waals surface area contributed by atoms with Crippen LogP contribution in [0.2, 0.25) is 0 Å². The van der Waals surface area contributed by atoms with Crippen molar-refractivity contribution in [1.82, 2.24) is 0 Å². The number of thiophene rings is 1. The molecule has 0 unspecified atom stereocenters. The Bertz CT molecular complexity index is 1160. The Morgan fingerprint density at radius 1 is 1.03 bits per heavy atom. The number of rotatable bonds is 6. The van der Waals surface area contributed by atoms with Crippen LogP contribution in [-0.2, 0) is 27.2 Å². The summed E-state index contributed by atoms with van der Waals surface area (Å²) in [6.07, 6.45) is 5.11.